The number of hydrogen-bond donors (Lipinski definition) is 1. The number of benzene rings is 1. The fourth-order valence-corrected chi connectivity index (χ4v) is 1.52. The van der Waals surface area contributed by atoms with E-state index in [4.69, 9.17) is 0 Å². The lowest BCUT2D eigenvalue weighted by molar-refractivity contribution is 0.585. The van der Waals surface area contributed by atoms with Gasteiger partial charge in [-0.05, 0) is 24.6 Å². The van der Waals surface area contributed by atoms with E-state index in [2.05, 4.69) is 4.98 Å². The van der Waals surface area contributed by atoms with E-state index in [0.717, 1.165) is 17.7 Å². The van der Waals surface area contributed by atoms with Gasteiger partial charge in [-0.15, -0.1) is 0 Å². The van der Waals surface area contributed by atoms with Crippen LogP contribution in [0.15, 0.2) is 35.1 Å². The normalized spacial score (nSPS) is 10.4. The number of aryl methyl sites for hydroxylation is 1. The van der Waals surface area contributed by atoms with Crippen molar-refractivity contribution in [3.63, 3.8) is 0 Å². The van der Waals surface area contributed by atoms with Crippen LogP contribution < -0.4 is 5.56 Å². The SMILES string of the molecule is Cc1ccc(=O)[nH]c1-c1ccc(F)cc1F. The standard InChI is InChI=1S/C12H9F2NO/c1-7-2-5-11(16)15-12(7)9-4-3-8(13)6-10(9)14/h2-6H,1H3,(H,15,16). The molecule has 0 aliphatic carbocycles. The van der Waals surface area contributed by atoms with Gasteiger partial charge in [-0.3, -0.25) is 4.79 Å². The zero-order chi connectivity index (χ0) is 11.7. The van der Waals surface area contributed by atoms with Gasteiger partial charge < -0.3 is 4.98 Å². The Hall–Kier alpha value is -1.97. The van der Waals surface area contributed by atoms with Crippen LogP contribution in [0.3, 0.4) is 0 Å². The highest BCUT2D eigenvalue weighted by Crippen LogP contribution is 2.23. The predicted molar refractivity (Wildman–Crippen MR) is 57.2 cm³/mol. The summed E-state index contributed by atoms with van der Waals surface area (Å²) in [6.07, 6.45) is 0. The smallest absolute Gasteiger partial charge is 0.248 e. The summed E-state index contributed by atoms with van der Waals surface area (Å²) < 4.78 is 26.2. The van der Waals surface area contributed by atoms with Gasteiger partial charge in [0.1, 0.15) is 11.6 Å². The molecule has 0 aliphatic heterocycles. The first kappa shape index (κ1) is 10.5. The van der Waals surface area contributed by atoms with Crippen molar-refractivity contribution < 1.29 is 8.78 Å². The zero-order valence-corrected chi connectivity index (χ0v) is 8.55. The third kappa shape index (κ3) is 1.86. The number of aromatic nitrogens is 1. The minimum atomic E-state index is -0.690. The fourth-order valence-electron chi connectivity index (χ4n) is 1.52. The Bertz CT molecular complexity index is 590. The maximum absolute atomic E-state index is 13.5. The van der Waals surface area contributed by atoms with Gasteiger partial charge >= 0.3 is 0 Å². The number of hydrogen-bond acceptors (Lipinski definition) is 1. The lowest BCUT2D eigenvalue weighted by Gasteiger charge is -2.06. The zero-order valence-electron chi connectivity index (χ0n) is 8.55. The molecule has 2 nitrogen and oxygen atoms in total. The molecule has 4 heteroatoms. The van der Waals surface area contributed by atoms with E-state index in [1.54, 1.807) is 13.0 Å². The first-order valence-corrected chi connectivity index (χ1v) is 4.73. The van der Waals surface area contributed by atoms with Crippen LogP contribution in [0, 0.1) is 18.6 Å². The number of halogens is 2. The molecule has 2 rings (SSSR count). The largest absolute Gasteiger partial charge is 0.322 e. The summed E-state index contributed by atoms with van der Waals surface area (Å²) in [4.78, 5) is 13.7. The molecule has 0 amide bonds. The number of H-pyrrole nitrogens is 1. The first-order valence-electron chi connectivity index (χ1n) is 4.73. The highest BCUT2D eigenvalue weighted by molar-refractivity contribution is 5.63. The Morgan fingerprint density at radius 3 is 2.56 bits per heavy atom. The van der Waals surface area contributed by atoms with Crippen molar-refractivity contribution in [1.82, 2.24) is 4.98 Å². The van der Waals surface area contributed by atoms with Crippen LogP contribution >= 0.6 is 0 Å². The second-order valence-electron chi connectivity index (χ2n) is 3.50. The van der Waals surface area contributed by atoms with Gasteiger partial charge in [0, 0.05) is 17.7 Å². The van der Waals surface area contributed by atoms with Crippen molar-refractivity contribution in [3.05, 3.63) is 57.9 Å². The van der Waals surface area contributed by atoms with E-state index >= 15 is 0 Å². The van der Waals surface area contributed by atoms with Crippen molar-refractivity contribution in [2.45, 2.75) is 6.92 Å². The molecule has 0 unspecified atom stereocenters. The minimum absolute atomic E-state index is 0.191. The van der Waals surface area contributed by atoms with Gasteiger partial charge in [0.15, 0.2) is 0 Å². The van der Waals surface area contributed by atoms with Gasteiger partial charge in [0.2, 0.25) is 5.56 Å². The van der Waals surface area contributed by atoms with Gasteiger partial charge in [-0.25, -0.2) is 8.78 Å². The van der Waals surface area contributed by atoms with E-state index < -0.39 is 11.6 Å². The number of nitrogens with one attached hydrogen (secondary N) is 1. The number of pyridine rings is 1. The van der Waals surface area contributed by atoms with Crippen LogP contribution in [-0.4, -0.2) is 4.98 Å². The predicted octanol–water partition coefficient (Wildman–Crippen LogP) is 2.63. The van der Waals surface area contributed by atoms with Crippen LogP contribution in [0.4, 0.5) is 8.78 Å². The molecule has 1 N–H and O–H groups in total. The molecular formula is C12H9F2NO. The molecule has 2 aromatic rings. The highest BCUT2D eigenvalue weighted by atomic mass is 19.1. The lowest BCUT2D eigenvalue weighted by Crippen LogP contribution is -2.06. The van der Waals surface area contributed by atoms with Crippen LogP contribution in [0.5, 0.6) is 0 Å². The van der Waals surface area contributed by atoms with Gasteiger partial charge in [0.25, 0.3) is 0 Å². The van der Waals surface area contributed by atoms with E-state index in [1.807, 2.05) is 0 Å². The molecule has 16 heavy (non-hydrogen) atoms. The van der Waals surface area contributed by atoms with Crippen molar-refractivity contribution in [3.8, 4) is 11.3 Å². The third-order valence-corrected chi connectivity index (χ3v) is 2.33. The summed E-state index contributed by atoms with van der Waals surface area (Å²) in [6, 6.07) is 6.21. The molecule has 0 saturated heterocycles. The number of aromatic amines is 1. The molecule has 1 aromatic carbocycles. The highest BCUT2D eigenvalue weighted by Gasteiger charge is 2.09. The Kier molecular flexibility index (Phi) is 2.56. The summed E-state index contributed by atoms with van der Waals surface area (Å²) in [5, 5.41) is 0. The summed E-state index contributed by atoms with van der Waals surface area (Å²) in [6.45, 7) is 1.74. The van der Waals surface area contributed by atoms with Gasteiger partial charge in [0.05, 0.1) is 5.69 Å². The molecule has 0 saturated carbocycles. The summed E-state index contributed by atoms with van der Waals surface area (Å²) in [5.41, 5.74) is 0.982. The van der Waals surface area contributed by atoms with Crippen LogP contribution in [-0.2, 0) is 0 Å². The minimum Gasteiger partial charge on any atom is -0.322 e. The Morgan fingerprint density at radius 2 is 1.88 bits per heavy atom. The molecule has 0 aliphatic rings. The Morgan fingerprint density at radius 1 is 1.12 bits per heavy atom. The lowest BCUT2D eigenvalue weighted by atomic mass is 10.1. The van der Waals surface area contributed by atoms with Crippen molar-refractivity contribution >= 4 is 0 Å². The maximum Gasteiger partial charge on any atom is 0.248 e. The fraction of sp³-hybridized carbons (Fsp3) is 0.0833. The quantitative estimate of drug-likeness (QED) is 0.788. The molecule has 82 valence electrons. The number of rotatable bonds is 1. The average Bonchev–Trinajstić information content (AvgIpc) is 2.22. The molecule has 0 spiro atoms. The van der Waals surface area contributed by atoms with Gasteiger partial charge in [-0.1, -0.05) is 6.07 Å². The monoisotopic (exact) mass is 221 g/mol. The molecule has 0 radical (unpaired) electrons. The van der Waals surface area contributed by atoms with Crippen LogP contribution in [0.2, 0.25) is 0 Å². The maximum atomic E-state index is 13.5. The van der Waals surface area contributed by atoms with E-state index in [1.165, 1.54) is 12.1 Å². The van der Waals surface area contributed by atoms with Crippen molar-refractivity contribution in [2.75, 3.05) is 0 Å². The topological polar surface area (TPSA) is 32.9 Å². The molecule has 1 heterocycles. The summed E-state index contributed by atoms with van der Waals surface area (Å²) in [7, 11) is 0. The summed E-state index contributed by atoms with van der Waals surface area (Å²) in [5.74, 6) is -1.33. The second-order valence-corrected chi connectivity index (χ2v) is 3.50. The van der Waals surface area contributed by atoms with E-state index in [0.29, 0.717) is 5.69 Å². The molecule has 0 fully saturated rings. The van der Waals surface area contributed by atoms with E-state index in [-0.39, 0.29) is 11.1 Å². The Labute approximate surface area is 90.6 Å². The molecule has 1 aromatic heterocycles. The second kappa shape index (κ2) is 3.89. The third-order valence-electron chi connectivity index (χ3n) is 2.33. The molecular weight excluding hydrogens is 212 g/mol. The average molecular weight is 221 g/mol. The molecule has 0 atom stereocenters. The van der Waals surface area contributed by atoms with E-state index in [9.17, 15) is 13.6 Å². The van der Waals surface area contributed by atoms with Gasteiger partial charge in [-0.2, -0.15) is 0 Å². The van der Waals surface area contributed by atoms with Crippen molar-refractivity contribution in [2.24, 2.45) is 0 Å². The van der Waals surface area contributed by atoms with Crippen LogP contribution in [0.25, 0.3) is 11.3 Å². The molecule has 0 bridgehead atoms. The van der Waals surface area contributed by atoms with Crippen LogP contribution in [0.1, 0.15) is 5.56 Å². The van der Waals surface area contributed by atoms with Crippen molar-refractivity contribution in [1.29, 1.82) is 0 Å². The Balaban J connectivity index is 2.67. The summed E-state index contributed by atoms with van der Waals surface area (Å²) >= 11 is 0. The first-order chi connectivity index (χ1) is 7.58.